The monoisotopic (exact) mass is 455 g/mol. The average molecular weight is 456 g/mol. The number of unbranched alkanes of at least 4 members (excludes halogenated alkanes) is 3. The van der Waals surface area contributed by atoms with Crippen molar-refractivity contribution in [1.29, 1.82) is 0 Å². The molecule has 0 amide bonds. The molecule has 7 heteroatoms. The maximum atomic E-state index is 13.6. The Morgan fingerprint density at radius 3 is 2.31 bits per heavy atom. The van der Waals surface area contributed by atoms with Crippen molar-refractivity contribution in [3.05, 3.63) is 70.8 Å². The van der Waals surface area contributed by atoms with Crippen LogP contribution in [0.3, 0.4) is 0 Å². The van der Waals surface area contributed by atoms with Crippen LogP contribution in [-0.4, -0.2) is 28.8 Å². The maximum absolute atomic E-state index is 13.6. The molecule has 1 aromatic heterocycles. The van der Waals surface area contributed by atoms with Crippen molar-refractivity contribution in [3.8, 4) is 0 Å². The Kier molecular flexibility index (Phi) is 8.21. The van der Waals surface area contributed by atoms with Crippen LogP contribution in [0.5, 0.6) is 0 Å². The number of hydrogen-bond acceptors (Lipinski definition) is 4. The van der Waals surface area contributed by atoms with Gasteiger partial charge in [0.15, 0.2) is 0 Å². The Labute approximate surface area is 191 Å². The molecule has 0 saturated heterocycles. The normalized spacial score (nSPS) is 13.0. The predicted molar refractivity (Wildman–Crippen MR) is 129 cm³/mol. The number of hydrogen-bond donors (Lipinski definition) is 0. The van der Waals surface area contributed by atoms with Gasteiger partial charge in [-0.25, -0.2) is 13.4 Å². The Hall–Kier alpha value is -2.51. The molecular formula is C25H33N3O3S. The Morgan fingerprint density at radius 1 is 0.938 bits per heavy atom. The summed E-state index contributed by atoms with van der Waals surface area (Å²) in [6.07, 6.45) is 4.60. The van der Waals surface area contributed by atoms with Crippen molar-refractivity contribution in [1.82, 2.24) is 13.9 Å². The molecule has 0 bridgehead atoms. The Morgan fingerprint density at radius 2 is 1.62 bits per heavy atom. The molecule has 0 aliphatic heterocycles. The number of benzene rings is 2. The van der Waals surface area contributed by atoms with Crippen LogP contribution < -0.4 is 5.56 Å². The summed E-state index contributed by atoms with van der Waals surface area (Å²) in [5.41, 5.74) is 0.470. The number of aromatic nitrogens is 2. The molecule has 2 aromatic carbocycles. The number of fused-ring (bicyclic) bond motifs is 1. The highest BCUT2D eigenvalue weighted by atomic mass is 32.2. The minimum Gasteiger partial charge on any atom is -0.295 e. The summed E-state index contributed by atoms with van der Waals surface area (Å²) in [7, 11) is -3.76. The molecule has 3 rings (SSSR count). The van der Waals surface area contributed by atoms with Gasteiger partial charge in [0.05, 0.1) is 21.8 Å². The predicted octanol–water partition coefficient (Wildman–Crippen LogP) is 5.14. The quantitative estimate of drug-likeness (QED) is 0.375. The molecular weight excluding hydrogens is 422 g/mol. The third-order valence-corrected chi connectivity index (χ3v) is 7.71. The van der Waals surface area contributed by atoms with E-state index in [9.17, 15) is 13.2 Å². The zero-order chi connectivity index (χ0) is 23.1. The van der Waals surface area contributed by atoms with Gasteiger partial charge in [-0.05, 0) is 44.0 Å². The summed E-state index contributed by atoms with van der Waals surface area (Å²) in [5.74, 6) is 0.491. The van der Waals surface area contributed by atoms with Crippen molar-refractivity contribution in [2.75, 3.05) is 6.54 Å². The first-order valence-corrected chi connectivity index (χ1v) is 12.9. The molecule has 172 valence electrons. The number of nitrogens with zero attached hydrogens (tertiary/aromatic N) is 3. The third kappa shape index (κ3) is 5.10. The van der Waals surface area contributed by atoms with Crippen LogP contribution in [0.25, 0.3) is 10.9 Å². The van der Waals surface area contributed by atoms with Crippen molar-refractivity contribution in [3.63, 3.8) is 0 Å². The third-order valence-electron chi connectivity index (χ3n) is 5.73. The number of sulfonamides is 1. The molecule has 32 heavy (non-hydrogen) atoms. The van der Waals surface area contributed by atoms with Gasteiger partial charge in [0.1, 0.15) is 5.82 Å². The van der Waals surface area contributed by atoms with Crippen LogP contribution in [0, 0.1) is 0 Å². The van der Waals surface area contributed by atoms with Gasteiger partial charge >= 0.3 is 0 Å². The summed E-state index contributed by atoms with van der Waals surface area (Å²) in [5, 5.41) is 0.553. The van der Waals surface area contributed by atoms with Gasteiger partial charge in [-0.3, -0.25) is 9.36 Å². The van der Waals surface area contributed by atoms with Gasteiger partial charge < -0.3 is 0 Å². The number of rotatable bonds is 11. The van der Waals surface area contributed by atoms with Crippen LogP contribution in [0.15, 0.2) is 64.3 Å². The van der Waals surface area contributed by atoms with E-state index < -0.39 is 16.1 Å². The average Bonchev–Trinajstić information content (AvgIpc) is 2.81. The molecule has 0 aliphatic carbocycles. The largest absolute Gasteiger partial charge is 0.295 e. The highest BCUT2D eigenvalue weighted by Crippen LogP contribution is 2.28. The van der Waals surface area contributed by atoms with E-state index in [0.717, 1.165) is 32.1 Å². The van der Waals surface area contributed by atoms with E-state index in [-0.39, 0.29) is 10.5 Å². The van der Waals surface area contributed by atoms with E-state index in [0.29, 0.717) is 29.8 Å². The highest BCUT2D eigenvalue weighted by molar-refractivity contribution is 7.89. The molecule has 3 aromatic rings. The molecule has 6 nitrogen and oxygen atoms in total. The lowest BCUT2D eigenvalue weighted by Gasteiger charge is -2.30. The summed E-state index contributed by atoms with van der Waals surface area (Å²) >= 11 is 0. The SMILES string of the molecule is CCCCCCN(C(C)c1nc2ccccc2c(=O)n1CCC)S(=O)(=O)c1ccccc1. The lowest BCUT2D eigenvalue weighted by Crippen LogP contribution is -2.38. The van der Waals surface area contributed by atoms with Crippen LogP contribution in [0.1, 0.15) is 64.7 Å². The topological polar surface area (TPSA) is 72.3 Å². The van der Waals surface area contributed by atoms with Crippen molar-refractivity contribution in [2.24, 2.45) is 0 Å². The lowest BCUT2D eigenvalue weighted by atomic mass is 10.2. The van der Waals surface area contributed by atoms with Crippen LogP contribution >= 0.6 is 0 Å². The standard InChI is InChI=1S/C25H33N3O3S/c1-4-6-7-13-19-28(32(30,31)21-14-9-8-10-15-21)20(3)24-26-23-17-12-11-16-22(23)25(29)27(24)18-5-2/h8-12,14-17,20H,4-7,13,18-19H2,1-3H3. The summed E-state index contributed by atoms with van der Waals surface area (Å²) in [4.78, 5) is 18.3. The summed E-state index contributed by atoms with van der Waals surface area (Å²) in [6.45, 7) is 6.84. The van der Waals surface area contributed by atoms with Gasteiger partial charge in [0.25, 0.3) is 5.56 Å². The second kappa shape index (κ2) is 10.9. The first kappa shape index (κ1) is 24.1. The fourth-order valence-corrected chi connectivity index (χ4v) is 5.67. The molecule has 1 heterocycles. The van der Waals surface area contributed by atoms with Crippen molar-refractivity contribution in [2.45, 2.75) is 70.4 Å². The van der Waals surface area contributed by atoms with E-state index in [1.165, 1.54) is 4.31 Å². The smallest absolute Gasteiger partial charge is 0.261 e. The van der Waals surface area contributed by atoms with E-state index >= 15 is 0 Å². The lowest BCUT2D eigenvalue weighted by molar-refractivity contribution is 0.312. The van der Waals surface area contributed by atoms with Gasteiger partial charge in [-0.15, -0.1) is 0 Å². The zero-order valence-corrected chi connectivity index (χ0v) is 20.0. The van der Waals surface area contributed by atoms with E-state index in [2.05, 4.69) is 6.92 Å². The molecule has 1 atom stereocenters. The fourth-order valence-electron chi connectivity index (χ4n) is 4.02. The molecule has 0 saturated carbocycles. The minimum atomic E-state index is -3.76. The molecule has 0 N–H and O–H groups in total. The zero-order valence-electron chi connectivity index (χ0n) is 19.2. The van der Waals surface area contributed by atoms with Crippen LogP contribution in [0.2, 0.25) is 0 Å². The maximum Gasteiger partial charge on any atom is 0.261 e. The van der Waals surface area contributed by atoms with E-state index in [1.807, 2.05) is 26.0 Å². The molecule has 0 radical (unpaired) electrons. The van der Waals surface area contributed by atoms with Crippen molar-refractivity contribution >= 4 is 20.9 Å². The summed E-state index contributed by atoms with van der Waals surface area (Å²) < 4.78 is 30.4. The minimum absolute atomic E-state index is 0.123. The Bertz CT molecular complexity index is 1190. The van der Waals surface area contributed by atoms with E-state index in [1.54, 1.807) is 47.0 Å². The van der Waals surface area contributed by atoms with Crippen LogP contribution in [0.4, 0.5) is 0 Å². The van der Waals surface area contributed by atoms with Gasteiger partial charge in [-0.1, -0.05) is 63.4 Å². The fraction of sp³-hybridized carbons (Fsp3) is 0.440. The molecule has 1 unspecified atom stereocenters. The first-order chi connectivity index (χ1) is 15.4. The Balaban J connectivity index is 2.11. The molecule has 0 spiro atoms. The first-order valence-electron chi connectivity index (χ1n) is 11.5. The molecule has 0 fully saturated rings. The summed E-state index contributed by atoms with van der Waals surface area (Å²) in [6, 6.07) is 15.2. The van der Waals surface area contributed by atoms with Gasteiger partial charge in [-0.2, -0.15) is 4.31 Å². The highest BCUT2D eigenvalue weighted by Gasteiger charge is 2.32. The second-order valence-electron chi connectivity index (χ2n) is 8.11. The number of para-hydroxylation sites is 1. The van der Waals surface area contributed by atoms with Gasteiger partial charge in [0.2, 0.25) is 10.0 Å². The van der Waals surface area contributed by atoms with E-state index in [4.69, 9.17) is 4.98 Å². The molecule has 0 aliphatic rings. The second-order valence-corrected chi connectivity index (χ2v) is 10.00. The van der Waals surface area contributed by atoms with Crippen molar-refractivity contribution < 1.29 is 8.42 Å². The van der Waals surface area contributed by atoms with Crippen LogP contribution in [-0.2, 0) is 16.6 Å². The van der Waals surface area contributed by atoms with Gasteiger partial charge in [0, 0.05) is 13.1 Å².